The molecular formula is C24H27F9N8O3. The maximum absolute atomic E-state index is 13.5. The van der Waals surface area contributed by atoms with Crippen molar-refractivity contribution < 1.29 is 49.0 Å². The number of ether oxygens (including phenoxy) is 1. The Morgan fingerprint density at radius 2 is 1.59 bits per heavy atom. The lowest BCUT2D eigenvalue weighted by atomic mass is 10.0. The van der Waals surface area contributed by atoms with Crippen molar-refractivity contribution in [3.63, 3.8) is 0 Å². The van der Waals surface area contributed by atoms with Gasteiger partial charge in [-0.15, -0.1) is 0 Å². The van der Waals surface area contributed by atoms with Crippen LogP contribution in [0.4, 0.5) is 51.1 Å². The number of amides is 1. The summed E-state index contributed by atoms with van der Waals surface area (Å²) in [7, 11) is 0. The lowest BCUT2D eigenvalue weighted by Crippen LogP contribution is -2.47. The van der Waals surface area contributed by atoms with Crippen LogP contribution < -0.4 is 21.1 Å². The van der Waals surface area contributed by atoms with Crippen LogP contribution in [0.15, 0.2) is 23.4 Å². The number of rotatable bonds is 10. The molecule has 3 N–H and O–H groups in total. The molecule has 2 fully saturated rings. The summed E-state index contributed by atoms with van der Waals surface area (Å²) in [6, 6.07) is -1.46. The molecule has 2 saturated heterocycles. The first-order valence-electron chi connectivity index (χ1n) is 13.3. The third-order valence-corrected chi connectivity index (χ3v) is 7.06. The quantitative estimate of drug-likeness (QED) is 0.334. The molecule has 0 saturated carbocycles. The predicted octanol–water partition coefficient (Wildman–Crippen LogP) is 2.82. The van der Waals surface area contributed by atoms with Gasteiger partial charge in [-0.1, -0.05) is 0 Å². The first-order valence-corrected chi connectivity index (χ1v) is 13.3. The zero-order valence-corrected chi connectivity index (χ0v) is 22.7. The van der Waals surface area contributed by atoms with Crippen LogP contribution in [0.5, 0.6) is 0 Å². The fourth-order valence-corrected chi connectivity index (χ4v) is 4.98. The maximum Gasteiger partial charge on any atom is 0.423 e. The molecule has 2 aromatic rings. The van der Waals surface area contributed by atoms with Crippen molar-refractivity contribution in [2.75, 3.05) is 49.5 Å². The lowest BCUT2D eigenvalue weighted by Gasteiger charge is -2.36. The molecule has 2 aliphatic heterocycles. The Morgan fingerprint density at radius 1 is 0.932 bits per heavy atom. The van der Waals surface area contributed by atoms with Gasteiger partial charge < -0.3 is 25.2 Å². The monoisotopic (exact) mass is 646 g/mol. The first-order chi connectivity index (χ1) is 20.5. The minimum absolute atomic E-state index is 0.118. The van der Waals surface area contributed by atoms with Gasteiger partial charge in [-0.3, -0.25) is 9.59 Å². The summed E-state index contributed by atoms with van der Waals surface area (Å²) < 4.78 is 122. The van der Waals surface area contributed by atoms with Crippen molar-refractivity contribution >= 4 is 17.5 Å². The largest absolute Gasteiger partial charge is 0.423 e. The first kappa shape index (κ1) is 33.2. The second-order valence-electron chi connectivity index (χ2n) is 10.2. The van der Waals surface area contributed by atoms with Crippen molar-refractivity contribution in [2.45, 2.75) is 56.0 Å². The fraction of sp³-hybridized carbons (Fsp3) is 0.625. The third-order valence-electron chi connectivity index (χ3n) is 7.06. The average Bonchev–Trinajstić information content (AvgIpc) is 3.30. The average molecular weight is 647 g/mol. The van der Waals surface area contributed by atoms with Gasteiger partial charge in [-0.05, 0) is 12.8 Å². The van der Waals surface area contributed by atoms with Gasteiger partial charge in [0.15, 0.2) is 0 Å². The summed E-state index contributed by atoms with van der Waals surface area (Å²) in [5.74, 6) is -0.294. The van der Waals surface area contributed by atoms with Crippen LogP contribution in [0.3, 0.4) is 0 Å². The highest BCUT2D eigenvalue weighted by Crippen LogP contribution is 2.32. The highest BCUT2D eigenvalue weighted by atomic mass is 19.4. The maximum atomic E-state index is 13.5. The highest BCUT2D eigenvalue weighted by molar-refractivity contribution is 5.83. The zero-order valence-electron chi connectivity index (χ0n) is 22.7. The smallest absolute Gasteiger partial charge is 0.377 e. The lowest BCUT2D eigenvalue weighted by molar-refractivity contribution is -0.139. The molecule has 0 spiro atoms. The van der Waals surface area contributed by atoms with Crippen LogP contribution in [0, 0.1) is 0 Å². The normalized spacial score (nSPS) is 19.5. The molecule has 0 aromatic carbocycles. The number of alkyl halides is 9. The van der Waals surface area contributed by atoms with E-state index in [4.69, 9.17) is 4.74 Å². The molecule has 4 heterocycles. The summed E-state index contributed by atoms with van der Waals surface area (Å²) in [6.07, 6.45) is -12.1. The van der Waals surface area contributed by atoms with Crippen LogP contribution in [-0.2, 0) is 21.9 Å². The molecule has 20 heteroatoms. The molecule has 0 aliphatic carbocycles. The van der Waals surface area contributed by atoms with Crippen molar-refractivity contribution in [3.05, 3.63) is 40.1 Å². The number of piperidine rings is 1. The third kappa shape index (κ3) is 8.48. The number of carbonyl (C=O) groups excluding carboxylic acids is 1. The molecule has 0 radical (unpaired) electrons. The molecular weight excluding hydrogens is 619 g/mol. The molecule has 44 heavy (non-hydrogen) atoms. The van der Waals surface area contributed by atoms with Crippen LogP contribution in [0.1, 0.15) is 30.4 Å². The van der Waals surface area contributed by atoms with Gasteiger partial charge in [0, 0.05) is 51.0 Å². The van der Waals surface area contributed by atoms with Gasteiger partial charge in [-0.2, -0.15) is 44.6 Å². The van der Waals surface area contributed by atoms with E-state index in [0.717, 1.165) is 0 Å². The summed E-state index contributed by atoms with van der Waals surface area (Å²) in [6.45, 7) is -1.47. The molecule has 2 aromatic heterocycles. The standard InChI is InChI=1S/C24H27F9N8O3/c25-22(26,27)12-34-9-14(38-16-10-37-39-19(42)18(16)24(31,32)33)11-44-17-3-6-41(20(17)43)15-1-4-40(5-2-15)21-35-7-13(8-36-21)23(28,29)30/h7-8,10,14-15,17,34H,1-6,9,11-12H2,(H2,38,39,42)/t14-,17+/m0/s1. The van der Waals surface area contributed by atoms with E-state index in [0.29, 0.717) is 44.5 Å². The number of carbonyl (C=O) groups is 1. The number of likely N-dealkylation sites (tertiary alicyclic amines) is 1. The van der Waals surface area contributed by atoms with Gasteiger partial charge in [0.1, 0.15) is 11.7 Å². The van der Waals surface area contributed by atoms with E-state index in [-0.39, 0.29) is 25.0 Å². The zero-order chi connectivity index (χ0) is 32.3. The van der Waals surface area contributed by atoms with Crippen LogP contribution >= 0.6 is 0 Å². The van der Waals surface area contributed by atoms with E-state index in [2.05, 4.69) is 25.7 Å². The molecule has 0 unspecified atom stereocenters. The number of nitrogens with zero attached hydrogens (tertiary/aromatic N) is 5. The van der Waals surface area contributed by atoms with E-state index in [1.54, 1.807) is 14.9 Å². The molecule has 11 nitrogen and oxygen atoms in total. The summed E-state index contributed by atoms with van der Waals surface area (Å²) in [4.78, 5) is 35.7. The number of aromatic amines is 1. The van der Waals surface area contributed by atoms with E-state index >= 15 is 0 Å². The van der Waals surface area contributed by atoms with Gasteiger partial charge >= 0.3 is 18.5 Å². The van der Waals surface area contributed by atoms with Crippen molar-refractivity contribution in [1.29, 1.82) is 0 Å². The van der Waals surface area contributed by atoms with E-state index in [1.165, 1.54) is 0 Å². The van der Waals surface area contributed by atoms with E-state index < -0.39 is 78.7 Å². The molecule has 0 bridgehead atoms. The Hall–Kier alpha value is -3.68. The number of hydrogen-bond acceptors (Lipinski definition) is 9. The Morgan fingerprint density at radius 3 is 2.18 bits per heavy atom. The number of halogens is 9. The Balaban J connectivity index is 1.35. The molecule has 1 amide bonds. The Bertz CT molecular complexity index is 1330. The fourth-order valence-electron chi connectivity index (χ4n) is 4.98. The molecule has 2 aliphatic rings. The second-order valence-corrected chi connectivity index (χ2v) is 10.2. The minimum atomic E-state index is -5.10. The molecule has 2 atom stereocenters. The van der Waals surface area contributed by atoms with E-state index in [1.807, 2.05) is 0 Å². The second kappa shape index (κ2) is 13.1. The minimum Gasteiger partial charge on any atom is -0.377 e. The van der Waals surface area contributed by atoms with Crippen molar-refractivity contribution in [3.8, 4) is 0 Å². The molecule has 244 valence electrons. The predicted molar refractivity (Wildman–Crippen MR) is 135 cm³/mol. The molecule has 4 rings (SSSR count). The van der Waals surface area contributed by atoms with Crippen LogP contribution in [0.2, 0.25) is 0 Å². The van der Waals surface area contributed by atoms with E-state index in [9.17, 15) is 49.1 Å². The van der Waals surface area contributed by atoms with Crippen molar-refractivity contribution in [2.24, 2.45) is 0 Å². The topological polar surface area (TPSA) is 128 Å². The van der Waals surface area contributed by atoms with Crippen LogP contribution in [-0.4, -0.2) is 94.7 Å². The number of H-pyrrole nitrogens is 1. The highest BCUT2D eigenvalue weighted by Gasteiger charge is 2.40. The number of hydrogen-bond donors (Lipinski definition) is 3. The Labute approximate surface area is 243 Å². The number of aromatic nitrogens is 4. The SMILES string of the molecule is O=C1[C@H](OC[C@H](CNCC(F)(F)F)Nc2cn[nH]c(=O)c2C(F)(F)F)CCN1C1CCN(c2ncc(C(F)(F)F)cn2)CC1. The summed E-state index contributed by atoms with van der Waals surface area (Å²) in [5.41, 5.74) is -4.92. The van der Waals surface area contributed by atoms with Gasteiger partial charge in [0.2, 0.25) is 5.95 Å². The summed E-state index contributed by atoms with van der Waals surface area (Å²) in [5, 5.41) is 9.42. The summed E-state index contributed by atoms with van der Waals surface area (Å²) >= 11 is 0. The number of nitrogens with one attached hydrogen (secondary N) is 3. The van der Waals surface area contributed by atoms with Gasteiger partial charge in [0.25, 0.3) is 11.5 Å². The Kier molecular flexibility index (Phi) is 9.91. The van der Waals surface area contributed by atoms with Gasteiger partial charge in [0.05, 0.1) is 36.6 Å². The van der Waals surface area contributed by atoms with Crippen LogP contribution in [0.25, 0.3) is 0 Å². The van der Waals surface area contributed by atoms with Crippen molar-refractivity contribution in [1.82, 2.24) is 30.4 Å². The van der Waals surface area contributed by atoms with Gasteiger partial charge in [-0.25, -0.2) is 15.1 Å². The number of anilines is 2.